The maximum Gasteiger partial charge on any atom is 0.230 e. The molecule has 2 aromatic rings. The average molecular weight is 307 g/mol. The lowest BCUT2D eigenvalue weighted by atomic mass is 10.3. The van der Waals surface area contributed by atoms with Gasteiger partial charge in [-0.25, -0.2) is 4.68 Å². The van der Waals surface area contributed by atoms with Crippen LogP contribution in [0.5, 0.6) is 0 Å². The van der Waals surface area contributed by atoms with Crippen LogP contribution in [0, 0.1) is 0 Å². The predicted molar refractivity (Wildman–Crippen MR) is 78.0 cm³/mol. The molecule has 0 atom stereocenters. The molecular weight excluding hydrogens is 290 g/mol. The van der Waals surface area contributed by atoms with Crippen LogP contribution in [0.3, 0.4) is 0 Å². The fourth-order valence-corrected chi connectivity index (χ4v) is 3.11. The molecule has 0 saturated heterocycles. The zero-order valence-corrected chi connectivity index (χ0v) is 12.8. The van der Waals surface area contributed by atoms with Crippen molar-refractivity contribution in [1.29, 1.82) is 0 Å². The van der Waals surface area contributed by atoms with Gasteiger partial charge >= 0.3 is 0 Å². The molecule has 1 fully saturated rings. The van der Waals surface area contributed by atoms with Crippen LogP contribution in [0.2, 0.25) is 0 Å². The van der Waals surface area contributed by atoms with Crippen molar-refractivity contribution in [1.82, 2.24) is 35.2 Å². The van der Waals surface area contributed by atoms with Crippen molar-refractivity contribution >= 4 is 23.7 Å². The highest BCUT2D eigenvalue weighted by Gasteiger charge is 2.22. The number of rotatable bonds is 4. The summed E-state index contributed by atoms with van der Waals surface area (Å²) in [6.07, 6.45) is 4.66. The first-order valence-electron chi connectivity index (χ1n) is 6.78. The van der Waals surface area contributed by atoms with Gasteiger partial charge in [0.05, 0.1) is 6.04 Å². The van der Waals surface area contributed by atoms with E-state index >= 15 is 0 Å². The molecule has 0 radical (unpaired) electrons. The van der Waals surface area contributed by atoms with Gasteiger partial charge < -0.3 is 10.6 Å². The molecule has 112 valence electrons. The summed E-state index contributed by atoms with van der Waals surface area (Å²) in [6.45, 7) is 0. The Balaban J connectivity index is 1.85. The lowest BCUT2D eigenvalue weighted by Gasteiger charge is -2.12. The smallest absolute Gasteiger partial charge is 0.230 e. The zero-order chi connectivity index (χ0) is 14.8. The highest BCUT2D eigenvalue weighted by Crippen LogP contribution is 2.33. The minimum atomic E-state index is 0.191. The molecule has 10 heteroatoms. The normalized spacial score (nSPS) is 15.5. The summed E-state index contributed by atoms with van der Waals surface area (Å²) in [5.74, 6) is 0.709. The van der Waals surface area contributed by atoms with E-state index in [9.17, 15) is 0 Å². The van der Waals surface area contributed by atoms with Gasteiger partial charge in [-0.15, -0.1) is 5.10 Å². The van der Waals surface area contributed by atoms with Crippen LogP contribution in [0.1, 0.15) is 31.7 Å². The fourth-order valence-electron chi connectivity index (χ4n) is 2.32. The van der Waals surface area contributed by atoms with Gasteiger partial charge in [0.2, 0.25) is 22.2 Å². The third-order valence-electron chi connectivity index (χ3n) is 3.34. The minimum absolute atomic E-state index is 0.191. The van der Waals surface area contributed by atoms with E-state index < -0.39 is 0 Å². The second kappa shape index (κ2) is 5.80. The number of hydrogen-bond donors (Lipinski definition) is 1. The van der Waals surface area contributed by atoms with Crippen molar-refractivity contribution in [2.75, 3.05) is 24.7 Å². The maximum atomic E-state index is 5.73. The molecule has 1 aliphatic rings. The van der Waals surface area contributed by atoms with Gasteiger partial charge in [0.15, 0.2) is 0 Å². The molecular formula is C11H17N9S. The van der Waals surface area contributed by atoms with Crippen molar-refractivity contribution in [3.05, 3.63) is 0 Å². The summed E-state index contributed by atoms with van der Waals surface area (Å²) in [7, 11) is 3.71. The van der Waals surface area contributed by atoms with Gasteiger partial charge in [-0.3, -0.25) is 0 Å². The van der Waals surface area contributed by atoms with Crippen LogP contribution in [0.4, 0.5) is 11.9 Å². The minimum Gasteiger partial charge on any atom is -0.368 e. The Hall–Kier alpha value is -1.97. The van der Waals surface area contributed by atoms with Crippen LogP contribution in [0.25, 0.3) is 0 Å². The topological polar surface area (TPSA) is 112 Å². The second-order valence-corrected chi connectivity index (χ2v) is 6.05. The summed E-state index contributed by atoms with van der Waals surface area (Å²) in [5, 5.41) is 13.1. The number of hydrogen-bond acceptors (Lipinski definition) is 9. The largest absolute Gasteiger partial charge is 0.368 e. The van der Waals surface area contributed by atoms with Crippen LogP contribution < -0.4 is 10.6 Å². The Labute approximate surface area is 126 Å². The van der Waals surface area contributed by atoms with Gasteiger partial charge in [0, 0.05) is 14.1 Å². The molecule has 0 aliphatic heterocycles. The molecule has 0 amide bonds. The van der Waals surface area contributed by atoms with E-state index in [0.717, 1.165) is 12.8 Å². The first-order chi connectivity index (χ1) is 10.1. The van der Waals surface area contributed by atoms with Crippen LogP contribution in [0.15, 0.2) is 10.3 Å². The van der Waals surface area contributed by atoms with Crippen molar-refractivity contribution in [2.45, 2.75) is 42.0 Å². The molecule has 1 aliphatic carbocycles. The highest BCUT2D eigenvalue weighted by molar-refractivity contribution is 7.99. The zero-order valence-electron chi connectivity index (χ0n) is 12.0. The number of tetrazole rings is 1. The summed E-state index contributed by atoms with van der Waals surface area (Å²) >= 11 is 1.31. The molecule has 0 spiro atoms. The van der Waals surface area contributed by atoms with Crippen LogP contribution in [-0.4, -0.2) is 49.3 Å². The van der Waals surface area contributed by atoms with Crippen LogP contribution >= 0.6 is 11.8 Å². The first kappa shape index (κ1) is 14.0. The molecule has 2 N–H and O–H groups in total. The Morgan fingerprint density at radius 3 is 2.67 bits per heavy atom. The number of aromatic nitrogens is 7. The Kier molecular flexibility index (Phi) is 3.86. The standard InChI is InChI=1S/C11H17N9S/c1-19(2)9-13-8(12)14-10(15-9)21-11-16-17-18-20(11)7-5-3-4-6-7/h7H,3-6H2,1-2H3,(H2,12,13,14,15). The predicted octanol–water partition coefficient (Wildman–Crippen LogP) is 0.773. The number of nitrogens with two attached hydrogens (primary N) is 1. The number of nitrogen functional groups attached to an aromatic ring is 1. The fraction of sp³-hybridized carbons (Fsp3) is 0.636. The molecule has 2 aromatic heterocycles. The van der Waals surface area contributed by atoms with E-state index in [-0.39, 0.29) is 5.95 Å². The van der Waals surface area contributed by atoms with Crippen LogP contribution in [-0.2, 0) is 0 Å². The molecule has 9 nitrogen and oxygen atoms in total. The van der Waals surface area contributed by atoms with E-state index in [2.05, 4.69) is 30.5 Å². The third kappa shape index (κ3) is 3.04. The van der Waals surface area contributed by atoms with Gasteiger partial charge in [-0.2, -0.15) is 15.0 Å². The second-order valence-electron chi connectivity index (χ2n) is 5.12. The lowest BCUT2D eigenvalue weighted by molar-refractivity contribution is 0.423. The van der Waals surface area contributed by atoms with E-state index in [0.29, 0.717) is 22.3 Å². The average Bonchev–Trinajstić information content (AvgIpc) is 3.08. The lowest BCUT2D eigenvalue weighted by Crippen LogP contribution is -2.15. The summed E-state index contributed by atoms with van der Waals surface area (Å²) in [6, 6.07) is 0.370. The quantitative estimate of drug-likeness (QED) is 0.875. The molecule has 21 heavy (non-hydrogen) atoms. The number of anilines is 2. The highest BCUT2D eigenvalue weighted by atomic mass is 32.2. The van der Waals surface area contributed by atoms with Crippen molar-refractivity contribution < 1.29 is 0 Å². The van der Waals surface area contributed by atoms with Gasteiger partial charge in [-0.1, -0.05) is 12.8 Å². The van der Waals surface area contributed by atoms with Gasteiger partial charge in [0.1, 0.15) is 0 Å². The van der Waals surface area contributed by atoms with E-state index in [1.54, 1.807) is 4.90 Å². The SMILES string of the molecule is CN(C)c1nc(N)nc(Sc2nnnn2C2CCCC2)n1. The van der Waals surface area contributed by atoms with E-state index in [4.69, 9.17) is 5.73 Å². The molecule has 2 heterocycles. The van der Waals surface area contributed by atoms with Crippen molar-refractivity contribution in [3.63, 3.8) is 0 Å². The first-order valence-corrected chi connectivity index (χ1v) is 7.60. The molecule has 0 aromatic carbocycles. The summed E-state index contributed by atoms with van der Waals surface area (Å²) < 4.78 is 1.87. The summed E-state index contributed by atoms with van der Waals surface area (Å²) in [5.41, 5.74) is 5.73. The van der Waals surface area contributed by atoms with E-state index in [1.165, 1.54) is 24.6 Å². The van der Waals surface area contributed by atoms with Gasteiger partial charge in [0.25, 0.3) is 0 Å². The monoisotopic (exact) mass is 307 g/mol. The summed E-state index contributed by atoms with van der Waals surface area (Å²) in [4.78, 5) is 14.3. The van der Waals surface area contributed by atoms with Crippen molar-refractivity contribution in [3.8, 4) is 0 Å². The Morgan fingerprint density at radius 1 is 1.19 bits per heavy atom. The maximum absolute atomic E-state index is 5.73. The molecule has 1 saturated carbocycles. The third-order valence-corrected chi connectivity index (χ3v) is 4.15. The molecule has 0 bridgehead atoms. The molecule has 3 rings (SSSR count). The van der Waals surface area contributed by atoms with Crippen molar-refractivity contribution in [2.24, 2.45) is 0 Å². The molecule has 0 unspecified atom stereocenters. The Morgan fingerprint density at radius 2 is 1.95 bits per heavy atom. The van der Waals surface area contributed by atoms with E-state index in [1.807, 2.05) is 18.8 Å². The van der Waals surface area contributed by atoms with Gasteiger partial charge in [-0.05, 0) is 35.0 Å². The Bertz CT molecular complexity index is 620. The number of nitrogens with zero attached hydrogens (tertiary/aromatic N) is 8.